The third-order valence-corrected chi connectivity index (χ3v) is 4.38. The van der Waals surface area contributed by atoms with E-state index in [1.165, 1.54) is 61.9 Å². The summed E-state index contributed by atoms with van der Waals surface area (Å²) in [6.07, 6.45) is 7.56. The van der Waals surface area contributed by atoms with Gasteiger partial charge in [0.05, 0.1) is 5.56 Å². The smallest absolute Gasteiger partial charge is 0.343 e. The predicted octanol–water partition coefficient (Wildman–Crippen LogP) is 7.05. The summed E-state index contributed by atoms with van der Waals surface area (Å²) in [5, 5.41) is 0. The largest absolute Gasteiger partial charge is 0.423 e. The second-order valence-corrected chi connectivity index (χ2v) is 6.61. The molecule has 0 N–H and O–H groups in total. The maximum atomic E-state index is 12.2. The molecule has 0 spiro atoms. The second kappa shape index (κ2) is 11.3. The molecule has 0 radical (unpaired) electrons. The highest BCUT2D eigenvalue weighted by Gasteiger charge is 2.08. The Kier molecular flexibility index (Phi) is 8.69. The molecule has 0 bridgehead atoms. The average Bonchev–Trinajstić information content (AvgIpc) is 2.66. The van der Waals surface area contributed by atoms with Crippen molar-refractivity contribution in [2.24, 2.45) is 0 Å². The number of esters is 1. The monoisotopic (exact) mass is 372 g/mol. The number of hydrogen-bond acceptors (Lipinski definition) is 2. The first-order valence-electron chi connectivity index (χ1n) is 9.52. The zero-order valence-electron chi connectivity index (χ0n) is 15.7. The number of unbranched alkanes of at least 4 members (excludes halogenated alkanes) is 5. The molecule has 2 aromatic carbocycles. The van der Waals surface area contributed by atoms with Crippen LogP contribution in [-0.4, -0.2) is 5.97 Å². The van der Waals surface area contributed by atoms with Crippen molar-refractivity contribution < 1.29 is 18.3 Å². The maximum Gasteiger partial charge on any atom is 0.343 e. The zero-order chi connectivity index (χ0) is 19.5. The Bertz CT molecular complexity index is 730. The van der Waals surface area contributed by atoms with Gasteiger partial charge in [0.15, 0.2) is 0 Å². The SMILES string of the molecule is CCCCCCCCc1ccc(C(=O)Oc2ccc(C=C(F)F)cc2)cc1. The lowest BCUT2D eigenvalue weighted by atomic mass is 10.0. The van der Waals surface area contributed by atoms with Gasteiger partial charge in [-0.25, -0.2) is 4.79 Å². The van der Waals surface area contributed by atoms with E-state index in [1.807, 2.05) is 12.1 Å². The quantitative estimate of drug-likeness (QED) is 0.254. The topological polar surface area (TPSA) is 26.3 Å². The number of carbonyl (C=O) groups is 1. The fourth-order valence-electron chi connectivity index (χ4n) is 2.84. The van der Waals surface area contributed by atoms with E-state index in [9.17, 15) is 13.6 Å². The Hall–Kier alpha value is -2.49. The number of hydrogen-bond donors (Lipinski definition) is 0. The van der Waals surface area contributed by atoms with Gasteiger partial charge in [0.2, 0.25) is 0 Å². The summed E-state index contributed by atoms with van der Waals surface area (Å²) in [5.41, 5.74) is 2.04. The summed E-state index contributed by atoms with van der Waals surface area (Å²) in [6.45, 7) is 2.22. The minimum absolute atomic E-state index is 0.326. The third kappa shape index (κ3) is 7.73. The number of benzene rings is 2. The van der Waals surface area contributed by atoms with Crippen molar-refractivity contribution in [3.8, 4) is 5.75 Å². The Morgan fingerprint density at radius 1 is 0.889 bits per heavy atom. The van der Waals surface area contributed by atoms with Crippen LogP contribution in [0.25, 0.3) is 6.08 Å². The molecule has 0 amide bonds. The molecule has 4 heteroatoms. The molecule has 0 aliphatic rings. The van der Waals surface area contributed by atoms with E-state index < -0.39 is 12.0 Å². The molecular weight excluding hydrogens is 346 g/mol. The molecule has 27 heavy (non-hydrogen) atoms. The molecule has 0 aromatic heterocycles. The highest BCUT2D eigenvalue weighted by atomic mass is 19.3. The van der Waals surface area contributed by atoms with Crippen LogP contribution in [0, 0.1) is 0 Å². The van der Waals surface area contributed by atoms with Crippen molar-refractivity contribution in [3.63, 3.8) is 0 Å². The molecule has 0 heterocycles. The van der Waals surface area contributed by atoms with Crippen molar-refractivity contribution in [1.82, 2.24) is 0 Å². The van der Waals surface area contributed by atoms with E-state index in [4.69, 9.17) is 4.74 Å². The molecule has 2 nitrogen and oxygen atoms in total. The van der Waals surface area contributed by atoms with Crippen LogP contribution in [-0.2, 0) is 6.42 Å². The molecule has 0 aliphatic carbocycles. The Labute approximate surface area is 159 Å². The summed E-state index contributed by atoms with van der Waals surface area (Å²) in [6, 6.07) is 13.4. The van der Waals surface area contributed by atoms with Gasteiger partial charge >= 0.3 is 5.97 Å². The van der Waals surface area contributed by atoms with Crippen LogP contribution in [0.4, 0.5) is 8.78 Å². The minimum Gasteiger partial charge on any atom is -0.423 e. The predicted molar refractivity (Wildman–Crippen MR) is 105 cm³/mol. The van der Waals surface area contributed by atoms with Crippen LogP contribution in [0.2, 0.25) is 0 Å². The average molecular weight is 372 g/mol. The standard InChI is InChI=1S/C23H26F2O2/c1-2-3-4-5-6-7-8-18-9-13-20(14-10-18)23(26)27-21-15-11-19(12-16-21)17-22(24)25/h9-17H,2-8H2,1H3. The first-order chi connectivity index (χ1) is 13.1. The summed E-state index contributed by atoms with van der Waals surface area (Å²) in [5.74, 6) is -0.131. The van der Waals surface area contributed by atoms with Gasteiger partial charge in [-0.3, -0.25) is 0 Å². The lowest BCUT2D eigenvalue weighted by Gasteiger charge is -2.06. The van der Waals surface area contributed by atoms with Crippen molar-refractivity contribution in [1.29, 1.82) is 0 Å². The van der Waals surface area contributed by atoms with Gasteiger partial charge in [-0.2, -0.15) is 8.78 Å². The summed E-state index contributed by atoms with van der Waals surface area (Å²) in [7, 11) is 0. The van der Waals surface area contributed by atoms with Gasteiger partial charge in [0.25, 0.3) is 6.08 Å². The van der Waals surface area contributed by atoms with Gasteiger partial charge in [-0.15, -0.1) is 0 Å². The van der Waals surface area contributed by atoms with Crippen LogP contribution in [0.3, 0.4) is 0 Å². The molecule has 144 valence electrons. The van der Waals surface area contributed by atoms with E-state index in [0.29, 0.717) is 16.9 Å². The van der Waals surface area contributed by atoms with Crippen molar-refractivity contribution in [3.05, 3.63) is 71.3 Å². The number of aryl methyl sites for hydroxylation is 1. The summed E-state index contributed by atoms with van der Waals surface area (Å²) in [4.78, 5) is 12.2. The van der Waals surface area contributed by atoms with E-state index in [0.717, 1.165) is 18.9 Å². The van der Waals surface area contributed by atoms with Crippen LogP contribution in [0.1, 0.15) is 66.9 Å². The van der Waals surface area contributed by atoms with Crippen molar-refractivity contribution in [2.75, 3.05) is 0 Å². The van der Waals surface area contributed by atoms with Crippen LogP contribution in [0.15, 0.2) is 54.6 Å². The molecule has 2 aromatic rings. The highest BCUT2D eigenvalue weighted by Crippen LogP contribution is 2.17. The van der Waals surface area contributed by atoms with Gasteiger partial charge < -0.3 is 4.74 Å². The van der Waals surface area contributed by atoms with E-state index in [-0.39, 0.29) is 0 Å². The molecule has 0 saturated carbocycles. The third-order valence-electron chi connectivity index (χ3n) is 4.38. The number of halogens is 2. The lowest BCUT2D eigenvalue weighted by molar-refractivity contribution is 0.0734. The van der Waals surface area contributed by atoms with Crippen LogP contribution < -0.4 is 4.74 Å². The number of carbonyl (C=O) groups excluding carboxylic acids is 1. The zero-order valence-corrected chi connectivity index (χ0v) is 15.7. The van der Waals surface area contributed by atoms with Gasteiger partial charge in [0, 0.05) is 6.08 Å². The fourth-order valence-corrected chi connectivity index (χ4v) is 2.84. The van der Waals surface area contributed by atoms with E-state index >= 15 is 0 Å². The van der Waals surface area contributed by atoms with E-state index in [1.54, 1.807) is 12.1 Å². The van der Waals surface area contributed by atoms with Crippen LogP contribution in [0.5, 0.6) is 5.75 Å². The second-order valence-electron chi connectivity index (χ2n) is 6.61. The Balaban J connectivity index is 1.82. The summed E-state index contributed by atoms with van der Waals surface area (Å²) < 4.78 is 29.7. The highest BCUT2D eigenvalue weighted by molar-refractivity contribution is 5.91. The molecule has 2 rings (SSSR count). The van der Waals surface area contributed by atoms with Gasteiger partial charge in [-0.1, -0.05) is 63.3 Å². The lowest BCUT2D eigenvalue weighted by Crippen LogP contribution is -2.08. The molecule has 0 saturated heterocycles. The number of rotatable bonds is 10. The molecular formula is C23H26F2O2. The minimum atomic E-state index is -1.76. The van der Waals surface area contributed by atoms with E-state index in [2.05, 4.69) is 6.92 Å². The first kappa shape index (κ1) is 20.8. The fraction of sp³-hybridized carbons (Fsp3) is 0.348. The Morgan fingerprint density at radius 3 is 2.15 bits per heavy atom. The van der Waals surface area contributed by atoms with Gasteiger partial charge in [0.1, 0.15) is 5.75 Å². The van der Waals surface area contributed by atoms with Crippen molar-refractivity contribution in [2.45, 2.75) is 51.9 Å². The molecule has 0 unspecified atom stereocenters. The molecule has 0 fully saturated rings. The van der Waals surface area contributed by atoms with Gasteiger partial charge in [-0.05, 0) is 48.2 Å². The first-order valence-corrected chi connectivity index (χ1v) is 9.52. The van der Waals surface area contributed by atoms with Crippen LogP contribution >= 0.6 is 0 Å². The normalized spacial score (nSPS) is 10.5. The maximum absolute atomic E-state index is 12.2. The molecule has 0 aliphatic heterocycles. The number of ether oxygens (including phenoxy) is 1. The van der Waals surface area contributed by atoms with Crippen molar-refractivity contribution >= 4 is 12.0 Å². The summed E-state index contributed by atoms with van der Waals surface area (Å²) >= 11 is 0. The Morgan fingerprint density at radius 2 is 1.52 bits per heavy atom. The molecule has 0 atom stereocenters.